The van der Waals surface area contributed by atoms with E-state index < -0.39 is 15.6 Å². The third kappa shape index (κ3) is 6.09. The second-order valence-corrected chi connectivity index (χ2v) is 11.0. The number of rotatable bonds is 8. The Morgan fingerprint density at radius 2 is 0.700 bits per heavy atom. The summed E-state index contributed by atoms with van der Waals surface area (Å²) in [5.41, 5.74) is 2.24. The predicted octanol–water partition coefficient (Wildman–Crippen LogP) is 6.03. The Hall–Kier alpha value is -4.00. The van der Waals surface area contributed by atoms with Crippen LogP contribution in [0.2, 0.25) is 0 Å². The van der Waals surface area contributed by atoms with Gasteiger partial charge in [-0.3, -0.25) is 9.79 Å². The molecule has 0 radical (unpaired) electrons. The summed E-state index contributed by atoms with van der Waals surface area (Å²) < 4.78 is 35.5. The Kier molecular flexibility index (Phi) is 7.74. The van der Waals surface area contributed by atoms with Crippen molar-refractivity contribution in [2.75, 3.05) is 0 Å². The summed E-state index contributed by atoms with van der Waals surface area (Å²) in [6, 6.07) is 34.1. The molecule has 0 amide bonds. The molecule has 40 heavy (non-hydrogen) atoms. The Balaban J connectivity index is 2.11. The first-order chi connectivity index (χ1) is 19.1. The fraction of sp³-hybridized carbons (Fsp3) is 0. The van der Waals surface area contributed by atoms with Crippen LogP contribution >= 0.6 is 15.6 Å². The van der Waals surface area contributed by atoms with E-state index in [4.69, 9.17) is 9.05 Å². The Morgan fingerprint density at radius 3 is 0.925 bits per heavy atom. The fourth-order valence-corrected chi connectivity index (χ4v) is 5.47. The minimum absolute atomic E-state index is 0.112. The van der Waals surface area contributed by atoms with Crippen LogP contribution in [-0.4, -0.2) is 9.79 Å². The van der Waals surface area contributed by atoms with Gasteiger partial charge in [0.15, 0.2) is 0 Å². The second-order valence-electron chi connectivity index (χ2n) is 8.74. The molecule has 5 rings (SSSR count). The number of hydrogen-bond donors (Lipinski definition) is 2. The van der Waals surface area contributed by atoms with Gasteiger partial charge in [0.2, 0.25) is 0 Å². The molecule has 0 fully saturated rings. The zero-order chi connectivity index (χ0) is 28.3. The van der Waals surface area contributed by atoms with Crippen LogP contribution in [0.15, 0.2) is 121 Å². The van der Waals surface area contributed by atoms with Gasteiger partial charge in [-0.25, -0.2) is 4.57 Å². The van der Waals surface area contributed by atoms with E-state index in [2.05, 4.69) is 0 Å². The number of phosphoric ester groups is 2. The highest BCUT2D eigenvalue weighted by atomic mass is 31.2. The van der Waals surface area contributed by atoms with E-state index in [-0.39, 0.29) is 33.8 Å². The minimum Gasteiger partial charge on any atom is -0.780 e. The van der Waals surface area contributed by atoms with Crippen LogP contribution in [0.1, 0.15) is 0 Å². The van der Waals surface area contributed by atoms with Gasteiger partial charge in [0.25, 0.3) is 0 Å². The molecule has 0 bridgehead atoms. The van der Waals surface area contributed by atoms with Crippen molar-refractivity contribution in [3.63, 3.8) is 0 Å². The first-order valence-corrected chi connectivity index (χ1v) is 15.0. The summed E-state index contributed by atoms with van der Waals surface area (Å²) in [5, 5.41) is 0. The third-order valence-corrected chi connectivity index (χ3v) is 6.90. The van der Waals surface area contributed by atoms with Crippen molar-refractivity contribution in [1.29, 1.82) is 0 Å². The molecule has 5 aromatic rings. The highest BCUT2D eigenvalue weighted by Gasteiger charge is 2.33. The fourth-order valence-electron chi connectivity index (χ4n) is 4.64. The van der Waals surface area contributed by atoms with E-state index in [0.717, 1.165) is 0 Å². The van der Waals surface area contributed by atoms with Gasteiger partial charge in [-0.15, -0.1) is 0 Å². The van der Waals surface area contributed by atoms with Crippen molar-refractivity contribution in [1.82, 2.24) is 0 Å². The maximum atomic E-state index is 12.5. The lowest BCUT2D eigenvalue weighted by Gasteiger charge is -2.34. The zero-order valence-corrected chi connectivity index (χ0v) is 22.6. The molecular weight excluding hydrogens is 550 g/mol. The smallest absolute Gasteiger partial charge is 0.524 e. The molecule has 0 aromatic heterocycles. The first-order valence-electron chi connectivity index (χ1n) is 12.0. The number of benzene rings is 5. The number of phosphoric acid groups is 2. The molecule has 8 nitrogen and oxygen atoms in total. The van der Waals surface area contributed by atoms with E-state index in [0.29, 0.717) is 22.3 Å². The predicted molar refractivity (Wildman–Crippen MR) is 149 cm³/mol. The lowest BCUT2D eigenvalue weighted by Crippen LogP contribution is -2.19. The molecule has 0 heterocycles. The molecule has 0 saturated heterocycles. The van der Waals surface area contributed by atoms with Gasteiger partial charge in [0.05, 0.1) is 0 Å². The topological polar surface area (TPSA) is 139 Å². The third-order valence-electron chi connectivity index (χ3n) is 6.07. The summed E-state index contributed by atoms with van der Waals surface area (Å²) in [4.78, 5) is 44.8. The molecule has 0 aliphatic heterocycles. The van der Waals surface area contributed by atoms with Gasteiger partial charge >= 0.3 is 7.82 Å². The monoisotopic (exact) mass is 572 g/mol. The van der Waals surface area contributed by atoms with Crippen LogP contribution in [0, 0.1) is 0 Å². The molecule has 202 valence electrons. The van der Waals surface area contributed by atoms with Crippen molar-refractivity contribution >= 4 is 15.6 Å². The van der Waals surface area contributed by atoms with Crippen LogP contribution < -0.4 is 18.8 Å². The van der Waals surface area contributed by atoms with Crippen LogP contribution in [0.5, 0.6) is 11.5 Å². The Labute approximate surface area is 230 Å². The molecular formula is C30H22O8P2-2. The summed E-state index contributed by atoms with van der Waals surface area (Å²) >= 11 is 0. The number of hydrogen-bond acceptors (Lipinski definition) is 6. The lowest BCUT2D eigenvalue weighted by molar-refractivity contribution is -0.333. The molecule has 0 saturated carbocycles. The van der Waals surface area contributed by atoms with Gasteiger partial charge in [-0.05, 0) is 22.3 Å². The molecule has 0 spiro atoms. The van der Waals surface area contributed by atoms with Crippen LogP contribution in [-0.2, 0) is 9.13 Å². The largest absolute Gasteiger partial charge is 0.780 e. The van der Waals surface area contributed by atoms with Crippen molar-refractivity contribution in [2.24, 2.45) is 0 Å². The molecule has 0 atom stereocenters. The van der Waals surface area contributed by atoms with E-state index in [1.165, 1.54) is 0 Å². The zero-order valence-electron chi connectivity index (χ0n) is 20.8. The van der Waals surface area contributed by atoms with E-state index in [9.17, 15) is 28.7 Å². The highest BCUT2D eigenvalue weighted by molar-refractivity contribution is 7.46. The van der Waals surface area contributed by atoms with E-state index in [1.807, 2.05) is 0 Å². The van der Waals surface area contributed by atoms with Crippen molar-refractivity contribution in [2.45, 2.75) is 0 Å². The Bertz CT molecular complexity index is 1480. The first kappa shape index (κ1) is 27.6. The van der Waals surface area contributed by atoms with E-state index >= 15 is 0 Å². The standard InChI is InChI=1S/C30H24O8P2/c31-39(32,33)37-29-25(21-13-5-1-6-14-21)26(22-15-7-2-8-16-22)30(38-40(34,35)36)28(24-19-11-4-12-20-24)27(29)23-17-9-3-10-18-23/h1-20H,(H2,31,32,33)(H2,34,35,36)/p-2. The molecule has 0 aliphatic rings. The van der Waals surface area contributed by atoms with Gasteiger partial charge in [-0.2, -0.15) is 0 Å². The normalized spacial score (nSPS) is 11.7. The minimum atomic E-state index is -5.66. The van der Waals surface area contributed by atoms with Crippen molar-refractivity contribution in [3.05, 3.63) is 121 Å². The van der Waals surface area contributed by atoms with Gasteiger partial charge < -0.3 is 23.4 Å². The second kappa shape index (κ2) is 11.2. The van der Waals surface area contributed by atoms with Gasteiger partial charge in [0.1, 0.15) is 19.3 Å². The maximum Gasteiger partial charge on any atom is 0.524 e. The van der Waals surface area contributed by atoms with Crippen LogP contribution in [0.4, 0.5) is 0 Å². The van der Waals surface area contributed by atoms with Gasteiger partial charge in [0, 0.05) is 22.3 Å². The average molecular weight is 572 g/mol. The molecule has 5 aromatic carbocycles. The van der Waals surface area contributed by atoms with Crippen LogP contribution in [0.3, 0.4) is 0 Å². The molecule has 0 aliphatic carbocycles. The molecule has 0 unspecified atom stereocenters. The molecule has 10 heteroatoms. The SMILES string of the molecule is O=P([O-])([O-])Oc1c(-c2ccccc2)c(-c2ccccc2)c(OP(=O)(O)O)c(-c2ccccc2)c1-c1ccccc1. The summed E-state index contributed by atoms with van der Waals surface area (Å²) in [7, 11) is -10.8. The Morgan fingerprint density at radius 1 is 0.450 bits per heavy atom. The maximum absolute atomic E-state index is 12.5. The van der Waals surface area contributed by atoms with Crippen molar-refractivity contribution in [3.8, 4) is 56.0 Å². The van der Waals surface area contributed by atoms with E-state index in [1.54, 1.807) is 121 Å². The summed E-state index contributed by atoms with van der Waals surface area (Å²) in [6.45, 7) is 0. The van der Waals surface area contributed by atoms with Gasteiger partial charge in [-0.1, -0.05) is 121 Å². The lowest BCUT2D eigenvalue weighted by atomic mass is 9.83. The van der Waals surface area contributed by atoms with Crippen LogP contribution in [0.25, 0.3) is 44.5 Å². The quantitative estimate of drug-likeness (QED) is 0.215. The summed E-state index contributed by atoms with van der Waals surface area (Å²) in [5.74, 6) is -0.496. The average Bonchev–Trinajstić information content (AvgIpc) is 2.93. The van der Waals surface area contributed by atoms with Crippen molar-refractivity contribution < 1.29 is 37.8 Å². The summed E-state index contributed by atoms with van der Waals surface area (Å²) in [6.07, 6.45) is 0. The highest BCUT2D eigenvalue weighted by Crippen LogP contribution is 2.60. The molecule has 2 N–H and O–H groups in total.